The number of carbonyl (C=O) groups is 1. The van der Waals surface area contributed by atoms with Crippen LogP contribution in [0.25, 0.3) is 0 Å². The highest BCUT2D eigenvalue weighted by Gasteiger charge is 2.29. The third-order valence-electron chi connectivity index (χ3n) is 3.87. The van der Waals surface area contributed by atoms with Crippen LogP contribution in [0.2, 0.25) is 0 Å². The molecule has 1 aromatic heterocycles. The van der Waals surface area contributed by atoms with Crippen LogP contribution in [0.1, 0.15) is 28.4 Å². The van der Waals surface area contributed by atoms with Gasteiger partial charge in [0.15, 0.2) is 6.73 Å². The first-order valence-corrected chi connectivity index (χ1v) is 8.22. The van der Waals surface area contributed by atoms with E-state index in [0.717, 1.165) is 16.1 Å². The van der Waals surface area contributed by atoms with E-state index in [0.29, 0.717) is 24.4 Å². The predicted molar refractivity (Wildman–Crippen MR) is 94.3 cm³/mol. The van der Waals surface area contributed by atoms with E-state index in [1.54, 1.807) is 5.01 Å². The number of allylic oxidation sites excluding steroid dienone is 3. The Morgan fingerprint density at radius 3 is 3.04 bits per heavy atom. The van der Waals surface area contributed by atoms with E-state index in [1.807, 2.05) is 42.5 Å². The molecular formula is C17H15N5O2S. The van der Waals surface area contributed by atoms with E-state index >= 15 is 0 Å². The summed E-state index contributed by atoms with van der Waals surface area (Å²) >= 11 is 5.35. The minimum Gasteiger partial charge on any atom is -0.469 e. The summed E-state index contributed by atoms with van der Waals surface area (Å²) in [5, 5.41) is 8.40. The molecule has 2 heterocycles. The molecule has 2 aromatic rings. The van der Waals surface area contributed by atoms with E-state index < -0.39 is 5.91 Å². The molecule has 0 unspecified atom stereocenters. The van der Waals surface area contributed by atoms with Crippen LogP contribution in [0.3, 0.4) is 0 Å². The summed E-state index contributed by atoms with van der Waals surface area (Å²) in [6.45, 7) is 0.210. The quantitative estimate of drug-likeness (QED) is 0.817. The van der Waals surface area contributed by atoms with Crippen LogP contribution >= 0.6 is 12.2 Å². The van der Waals surface area contributed by atoms with E-state index in [4.69, 9.17) is 17.0 Å². The van der Waals surface area contributed by atoms with Crippen LogP contribution in [0, 0.1) is 0 Å². The molecule has 0 bridgehead atoms. The molecular weight excluding hydrogens is 338 g/mol. The van der Waals surface area contributed by atoms with E-state index in [2.05, 4.69) is 20.6 Å². The van der Waals surface area contributed by atoms with Crippen LogP contribution in [0.15, 0.2) is 53.9 Å². The predicted octanol–water partition coefficient (Wildman–Crippen LogP) is 1.87. The Kier molecular flexibility index (Phi) is 4.02. The van der Waals surface area contributed by atoms with Gasteiger partial charge < -0.3 is 4.74 Å². The highest BCUT2D eigenvalue weighted by molar-refractivity contribution is 7.80. The number of benzene rings is 1. The highest BCUT2D eigenvalue weighted by Crippen LogP contribution is 2.26. The summed E-state index contributed by atoms with van der Waals surface area (Å²) in [6.07, 6.45) is 5.05. The second-order valence-electron chi connectivity index (χ2n) is 5.65. The largest absolute Gasteiger partial charge is 0.469 e. The van der Waals surface area contributed by atoms with Crippen molar-refractivity contribution in [3.8, 4) is 0 Å². The third-order valence-corrected chi connectivity index (χ3v) is 4.23. The molecule has 1 aliphatic heterocycles. The number of hydrogen-bond donors (Lipinski definition) is 2. The average Bonchev–Trinajstić information content (AvgIpc) is 3.24. The average molecular weight is 353 g/mol. The molecule has 0 saturated carbocycles. The number of hydrogen-bond acceptors (Lipinski definition) is 6. The minimum absolute atomic E-state index is 0.0808. The lowest BCUT2D eigenvalue weighted by molar-refractivity contribution is 0.0719. The standard InChI is InChI=1S/C17H15N5O2S/c23-17(21-22-10-24-12-7-4-8-13(25)15(12)22)16-18-14(19-20-16)9-11-5-2-1-3-6-11/h1-7H,8-10H2,(H,21,23)(H,18,19,20). The van der Waals surface area contributed by atoms with Gasteiger partial charge in [-0.25, -0.2) is 9.99 Å². The Morgan fingerprint density at radius 2 is 2.20 bits per heavy atom. The monoisotopic (exact) mass is 353 g/mol. The number of rotatable bonds is 4. The lowest BCUT2D eigenvalue weighted by atomic mass is 10.1. The molecule has 0 radical (unpaired) electrons. The lowest BCUT2D eigenvalue weighted by Gasteiger charge is -2.20. The summed E-state index contributed by atoms with van der Waals surface area (Å²) in [4.78, 5) is 17.4. The molecule has 4 rings (SSSR count). The van der Waals surface area contributed by atoms with Gasteiger partial charge in [0.1, 0.15) is 17.3 Å². The Hall–Kier alpha value is -3.00. The topological polar surface area (TPSA) is 83.1 Å². The summed E-state index contributed by atoms with van der Waals surface area (Å²) in [7, 11) is 0. The Labute approximate surface area is 149 Å². The van der Waals surface area contributed by atoms with Gasteiger partial charge in [-0.1, -0.05) is 48.6 Å². The Morgan fingerprint density at radius 1 is 1.36 bits per heavy atom. The summed E-state index contributed by atoms with van der Waals surface area (Å²) in [5.74, 6) is 0.976. The molecule has 7 nitrogen and oxygen atoms in total. The summed E-state index contributed by atoms with van der Waals surface area (Å²) < 4.78 is 5.53. The number of amides is 1. The number of H-pyrrole nitrogens is 1. The van der Waals surface area contributed by atoms with Crippen molar-refractivity contribution in [1.29, 1.82) is 0 Å². The molecule has 0 fully saturated rings. The maximum Gasteiger partial charge on any atom is 0.309 e. The maximum absolute atomic E-state index is 12.4. The van der Waals surface area contributed by atoms with Gasteiger partial charge in [-0.05, 0) is 11.6 Å². The van der Waals surface area contributed by atoms with E-state index in [9.17, 15) is 4.79 Å². The van der Waals surface area contributed by atoms with Gasteiger partial charge in [0.25, 0.3) is 0 Å². The lowest BCUT2D eigenvalue weighted by Crippen LogP contribution is -2.42. The number of ether oxygens (including phenoxy) is 1. The zero-order valence-electron chi connectivity index (χ0n) is 13.2. The number of nitrogens with one attached hydrogen (secondary N) is 2. The Bertz CT molecular complexity index is 887. The minimum atomic E-state index is -0.412. The smallest absolute Gasteiger partial charge is 0.309 e. The van der Waals surface area contributed by atoms with Crippen molar-refractivity contribution in [3.05, 3.63) is 71.2 Å². The van der Waals surface area contributed by atoms with Gasteiger partial charge in [-0.15, -0.1) is 5.10 Å². The molecule has 8 heteroatoms. The van der Waals surface area contributed by atoms with Crippen LogP contribution < -0.4 is 5.43 Å². The van der Waals surface area contributed by atoms with Gasteiger partial charge in [0, 0.05) is 17.7 Å². The first kappa shape index (κ1) is 15.5. The number of thiocarbonyl (C=S) groups is 1. The number of nitrogens with zero attached hydrogens (tertiary/aromatic N) is 3. The maximum atomic E-state index is 12.4. The van der Waals surface area contributed by atoms with Gasteiger partial charge >= 0.3 is 5.91 Å². The SMILES string of the molecule is O=C(NN1COC2=C1C(=S)CC=C2)c1n[nH]c(Cc2ccccc2)n1. The molecule has 0 saturated heterocycles. The van der Waals surface area contributed by atoms with E-state index in [1.165, 1.54) is 0 Å². The van der Waals surface area contributed by atoms with Crippen molar-refractivity contribution in [2.75, 3.05) is 6.73 Å². The van der Waals surface area contributed by atoms with Crippen molar-refractivity contribution >= 4 is 23.0 Å². The van der Waals surface area contributed by atoms with Crippen molar-refractivity contribution in [2.24, 2.45) is 0 Å². The summed E-state index contributed by atoms with van der Waals surface area (Å²) in [6, 6.07) is 9.86. The highest BCUT2D eigenvalue weighted by atomic mass is 32.1. The molecule has 1 aromatic carbocycles. The molecule has 1 aliphatic carbocycles. The number of carbonyl (C=O) groups excluding carboxylic acids is 1. The first-order chi connectivity index (χ1) is 12.2. The fourth-order valence-electron chi connectivity index (χ4n) is 2.71. The van der Waals surface area contributed by atoms with Crippen LogP contribution in [-0.4, -0.2) is 37.7 Å². The first-order valence-electron chi connectivity index (χ1n) is 7.81. The van der Waals surface area contributed by atoms with Gasteiger partial charge in [-0.2, -0.15) is 0 Å². The molecule has 1 amide bonds. The van der Waals surface area contributed by atoms with Gasteiger partial charge in [-0.3, -0.25) is 15.3 Å². The normalized spacial score (nSPS) is 16.0. The zero-order chi connectivity index (χ0) is 17.2. The number of hydrazine groups is 1. The van der Waals surface area contributed by atoms with Crippen molar-refractivity contribution in [2.45, 2.75) is 12.8 Å². The molecule has 25 heavy (non-hydrogen) atoms. The summed E-state index contributed by atoms with van der Waals surface area (Å²) in [5.41, 5.74) is 4.57. The molecule has 0 atom stereocenters. The number of aromatic nitrogens is 3. The van der Waals surface area contributed by atoms with Crippen LogP contribution in [-0.2, 0) is 11.2 Å². The zero-order valence-corrected chi connectivity index (χ0v) is 14.0. The van der Waals surface area contributed by atoms with E-state index in [-0.39, 0.29) is 12.6 Å². The fourth-order valence-corrected chi connectivity index (χ4v) is 3.02. The van der Waals surface area contributed by atoms with Crippen molar-refractivity contribution in [3.63, 3.8) is 0 Å². The molecule has 2 N–H and O–H groups in total. The third kappa shape index (κ3) is 3.16. The van der Waals surface area contributed by atoms with Gasteiger partial charge in [0.2, 0.25) is 5.82 Å². The van der Waals surface area contributed by atoms with Gasteiger partial charge in [0.05, 0.1) is 0 Å². The van der Waals surface area contributed by atoms with Crippen molar-refractivity contribution in [1.82, 2.24) is 25.6 Å². The number of aromatic amines is 1. The Balaban J connectivity index is 1.45. The molecule has 0 spiro atoms. The van der Waals surface area contributed by atoms with Crippen LogP contribution in [0.4, 0.5) is 0 Å². The molecule has 2 aliphatic rings. The van der Waals surface area contributed by atoms with Crippen LogP contribution in [0.5, 0.6) is 0 Å². The molecule has 126 valence electrons. The van der Waals surface area contributed by atoms with Crippen molar-refractivity contribution < 1.29 is 9.53 Å². The fraction of sp³-hybridized carbons (Fsp3) is 0.176. The second kappa shape index (κ2) is 6.48. The second-order valence-corrected chi connectivity index (χ2v) is 6.15.